The Morgan fingerprint density at radius 1 is 1.18 bits per heavy atom. The maximum Gasteiger partial charge on any atom is 0.330 e. The summed E-state index contributed by atoms with van der Waals surface area (Å²) in [6.07, 6.45) is 3.12. The van der Waals surface area contributed by atoms with Crippen LogP contribution in [0.1, 0.15) is 18.1 Å². The molecule has 0 aliphatic heterocycles. The third-order valence-corrected chi connectivity index (χ3v) is 3.55. The second-order valence-electron chi connectivity index (χ2n) is 4.55. The standard InChI is InChI=1S/C18H17BrO3/c1-2-21-18(20)11-9-14-8-10-16(19)17(12-14)22-13-15-6-4-3-5-7-15/h3-12H,2,13H2,1H3/b11-9+. The molecule has 0 saturated carbocycles. The van der Waals surface area contributed by atoms with Crippen LogP contribution in [0.5, 0.6) is 5.75 Å². The first kappa shape index (κ1) is 16.3. The van der Waals surface area contributed by atoms with Crippen LogP contribution in [0.4, 0.5) is 0 Å². The van der Waals surface area contributed by atoms with Crippen LogP contribution >= 0.6 is 15.9 Å². The van der Waals surface area contributed by atoms with Gasteiger partial charge in [0.25, 0.3) is 0 Å². The second kappa shape index (κ2) is 8.39. The molecule has 3 nitrogen and oxygen atoms in total. The third kappa shape index (κ3) is 5.04. The van der Waals surface area contributed by atoms with E-state index in [4.69, 9.17) is 9.47 Å². The summed E-state index contributed by atoms with van der Waals surface area (Å²) in [6, 6.07) is 15.6. The molecule has 0 radical (unpaired) electrons. The Bertz CT molecular complexity index is 651. The number of esters is 1. The van der Waals surface area contributed by atoms with Crippen molar-refractivity contribution in [2.24, 2.45) is 0 Å². The van der Waals surface area contributed by atoms with E-state index in [2.05, 4.69) is 15.9 Å². The van der Waals surface area contributed by atoms with Crippen molar-refractivity contribution in [3.8, 4) is 5.75 Å². The average Bonchev–Trinajstić information content (AvgIpc) is 2.54. The topological polar surface area (TPSA) is 35.5 Å². The van der Waals surface area contributed by atoms with Gasteiger partial charge in [-0.05, 0) is 52.2 Å². The summed E-state index contributed by atoms with van der Waals surface area (Å²) in [5.74, 6) is 0.382. The monoisotopic (exact) mass is 360 g/mol. The predicted octanol–water partition coefficient (Wildman–Crippen LogP) is 4.60. The number of carbonyl (C=O) groups excluding carboxylic acids is 1. The number of carbonyl (C=O) groups is 1. The second-order valence-corrected chi connectivity index (χ2v) is 5.40. The van der Waals surface area contributed by atoms with Crippen molar-refractivity contribution in [1.82, 2.24) is 0 Å². The minimum absolute atomic E-state index is 0.350. The number of hydrogen-bond acceptors (Lipinski definition) is 3. The van der Waals surface area contributed by atoms with E-state index in [9.17, 15) is 4.79 Å². The first-order valence-electron chi connectivity index (χ1n) is 7.00. The van der Waals surface area contributed by atoms with Crippen LogP contribution in [0.2, 0.25) is 0 Å². The minimum Gasteiger partial charge on any atom is -0.488 e. The minimum atomic E-state index is -0.350. The van der Waals surface area contributed by atoms with Crippen molar-refractivity contribution in [1.29, 1.82) is 0 Å². The molecule has 0 amide bonds. The number of halogens is 1. The highest BCUT2D eigenvalue weighted by Gasteiger charge is 2.03. The molecule has 0 bridgehead atoms. The highest BCUT2D eigenvalue weighted by Crippen LogP contribution is 2.27. The lowest BCUT2D eigenvalue weighted by molar-refractivity contribution is -0.137. The van der Waals surface area contributed by atoms with Crippen molar-refractivity contribution >= 4 is 28.0 Å². The van der Waals surface area contributed by atoms with E-state index >= 15 is 0 Å². The van der Waals surface area contributed by atoms with E-state index in [1.165, 1.54) is 6.08 Å². The zero-order chi connectivity index (χ0) is 15.8. The molecule has 0 heterocycles. The molecule has 2 aromatic rings. The summed E-state index contributed by atoms with van der Waals surface area (Å²) < 4.78 is 11.5. The van der Waals surface area contributed by atoms with Crippen LogP contribution < -0.4 is 4.74 Å². The molecule has 4 heteroatoms. The van der Waals surface area contributed by atoms with Crippen LogP contribution in [0.3, 0.4) is 0 Å². The summed E-state index contributed by atoms with van der Waals surface area (Å²) in [6.45, 7) is 2.64. The molecule has 0 aliphatic carbocycles. The van der Waals surface area contributed by atoms with E-state index in [1.807, 2.05) is 48.5 Å². The van der Waals surface area contributed by atoms with Gasteiger partial charge in [-0.3, -0.25) is 0 Å². The largest absolute Gasteiger partial charge is 0.488 e. The number of ether oxygens (including phenoxy) is 2. The predicted molar refractivity (Wildman–Crippen MR) is 90.6 cm³/mol. The van der Waals surface area contributed by atoms with Gasteiger partial charge in [-0.2, -0.15) is 0 Å². The van der Waals surface area contributed by atoms with Crippen LogP contribution in [0, 0.1) is 0 Å². The van der Waals surface area contributed by atoms with Crippen LogP contribution in [0.25, 0.3) is 6.08 Å². The molecular formula is C18H17BrO3. The summed E-state index contributed by atoms with van der Waals surface area (Å²) in [5.41, 5.74) is 1.97. The quantitative estimate of drug-likeness (QED) is 0.557. The molecule has 114 valence electrons. The Morgan fingerprint density at radius 2 is 1.95 bits per heavy atom. The van der Waals surface area contributed by atoms with Crippen LogP contribution in [0.15, 0.2) is 59.1 Å². The molecular weight excluding hydrogens is 344 g/mol. The normalized spacial score (nSPS) is 10.6. The maximum absolute atomic E-state index is 11.3. The molecule has 0 unspecified atom stereocenters. The summed E-state index contributed by atoms with van der Waals surface area (Å²) in [7, 11) is 0. The van der Waals surface area contributed by atoms with Crippen molar-refractivity contribution in [3.63, 3.8) is 0 Å². The number of hydrogen-bond donors (Lipinski definition) is 0. The Balaban J connectivity index is 2.05. The number of benzene rings is 2. The van der Waals surface area contributed by atoms with Gasteiger partial charge in [0.05, 0.1) is 11.1 Å². The third-order valence-electron chi connectivity index (χ3n) is 2.89. The smallest absolute Gasteiger partial charge is 0.330 e. The summed E-state index contributed by atoms with van der Waals surface area (Å²) in [5, 5.41) is 0. The Hall–Kier alpha value is -2.07. The van der Waals surface area contributed by atoms with Crippen molar-refractivity contribution in [3.05, 3.63) is 70.2 Å². The first-order valence-corrected chi connectivity index (χ1v) is 7.79. The van der Waals surface area contributed by atoms with E-state index < -0.39 is 0 Å². The van der Waals surface area contributed by atoms with Crippen molar-refractivity contribution in [2.45, 2.75) is 13.5 Å². The fraction of sp³-hybridized carbons (Fsp3) is 0.167. The molecule has 2 rings (SSSR count). The molecule has 22 heavy (non-hydrogen) atoms. The van der Waals surface area contributed by atoms with E-state index in [1.54, 1.807) is 13.0 Å². The Kier molecular flexibility index (Phi) is 6.22. The zero-order valence-corrected chi connectivity index (χ0v) is 13.9. The average molecular weight is 361 g/mol. The molecule has 0 aromatic heterocycles. The van der Waals surface area contributed by atoms with Crippen molar-refractivity contribution < 1.29 is 14.3 Å². The van der Waals surface area contributed by atoms with E-state index in [0.29, 0.717) is 13.2 Å². The first-order chi connectivity index (χ1) is 10.7. The SMILES string of the molecule is CCOC(=O)/C=C/c1ccc(Br)c(OCc2ccccc2)c1. The van der Waals surface area contributed by atoms with Gasteiger partial charge in [-0.25, -0.2) is 4.79 Å². The molecule has 0 N–H and O–H groups in total. The van der Waals surface area contributed by atoms with Gasteiger partial charge in [-0.15, -0.1) is 0 Å². The lowest BCUT2D eigenvalue weighted by Crippen LogP contribution is -1.99. The van der Waals surface area contributed by atoms with Gasteiger partial charge in [0, 0.05) is 6.08 Å². The van der Waals surface area contributed by atoms with Gasteiger partial charge in [-0.1, -0.05) is 36.4 Å². The lowest BCUT2D eigenvalue weighted by Gasteiger charge is -2.09. The van der Waals surface area contributed by atoms with Crippen molar-refractivity contribution in [2.75, 3.05) is 6.61 Å². The van der Waals surface area contributed by atoms with Crippen LogP contribution in [-0.2, 0) is 16.1 Å². The molecule has 0 saturated heterocycles. The number of rotatable bonds is 6. The van der Waals surface area contributed by atoms with Gasteiger partial charge in [0.1, 0.15) is 12.4 Å². The Labute approximate surface area is 138 Å². The molecule has 0 fully saturated rings. The highest BCUT2D eigenvalue weighted by atomic mass is 79.9. The molecule has 2 aromatic carbocycles. The molecule has 0 aliphatic rings. The maximum atomic E-state index is 11.3. The fourth-order valence-electron chi connectivity index (χ4n) is 1.82. The summed E-state index contributed by atoms with van der Waals surface area (Å²) >= 11 is 3.47. The highest BCUT2D eigenvalue weighted by molar-refractivity contribution is 9.10. The zero-order valence-electron chi connectivity index (χ0n) is 12.3. The molecule has 0 spiro atoms. The van der Waals surface area contributed by atoms with Gasteiger partial charge in [0.15, 0.2) is 0 Å². The lowest BCUT2D eigenvalue weighted by atomic mass is 10.2. The summed E-state index contributed by atoms with van der Waals surface area (Å²) in [4.78, 5) is 11.3. The fourth-order valence-corrected chi connectivity index (χ4v) is 2.19. The van der Waals surface area contributed by atoms with Crippen LogP contribution in [-0.4, -0.2) is 12.6 Å². The van der Waals surface area contributed by atoms with E-state index in [-0.39, 0.29) is 5.97 Å². The Morgan fingerprint density at radius 3 is 2.68 bits per heavy atom. The van der Waals surface area contributed by atoms with Gasteiger partial charge in [0.2, 0.25) is 0 Å². The van der Waals surface area contributed by atoms with Gasteiger partial charge >= 0.3 is 5.97 Å². The van der Waals surface area contributed by atoms with E-state index in [0.717, 1.165) is 21.3 Å². The molecule has 0 atom stereocenters. The van der Waals surface area contributed by atoms with Gasteiger partial charge < -0.3 is 9.47 Å².